The number of imide groups is 1. The summed E-state index contributed by atoms with van der Waals surface area (Å²) in [6.07, 6.45) is 4.85. The molecule has 0 saturated heterocycles. The van der Waals surface area contributed by atoms with Crippen LogP contribution < -0.4 is 5.32 Å². The minimum atomic E-state index is -0.304. The lowest BCUT2D eigenvalue weighted by atomic mass is 9.99. The lowest BCUT2D eigenvalue weighted by molar-refractivity contribution is -0.141. The van der Waals surface area contributed by atoms with E-state index >= 15 is 0 Å². The molecule has 0 unspecified atom stereocenters. The highest BCUT2D eigenvalue weighted by Crippen LogP contribution is 2.32. The van der Waals surface area contributed by atoms with Gasteiger partial charge in [-0.1, -0.05) is 6.42 Å². The predicted octanol–water partition coefficient (Wildman–Crippen LogP) is 0.995. The number of nitrogens with zero attached hydrogens (tertiary/aromatic N) is 1. The Morgan fingerprint density at radius 2 is 1.79 bits per heavy atom. The number of hydrogen-bond donors (Lipinski definition) is 1. The van der Waals surface area contributed by atoms with E-state index in [0.717, 1.165) is 12.8 Å². The van der Waals surface area contributed by atoms with E-state index in [-0.39, 0.29) is 35.2 Å². The Hall–Kier alpha value is -1.65. The van der Waals surface area contributed by atoms with Gasteiger partial charge in [-0.25, -0.2) is 0 Å². The molecule has 1 aliphatic heterocycles. The van der Waals surface area contributed by atoms with Gasteiger partial charge in [-0.2, -0.15) is 0 Å². The van der Waals surface area contributed by atoms with Crippen LogP contribution in [0.15, 0.2) is 12.2 Å². The molecule has 3 amide bonds. The Balaban J connectivity index is 2.11. The first kappa shape index (κ1) is 13.8. The molecule has 1 N–H and O–H groups in total. The minimum absolute atomic E-state index is 0.0671. The van der Waals surface area contributed by atoms with E-state index in [9.17, 15) is 14.4 Å². The molecule has 19 heavy (non-hydrogen) atoms. The van der Waals surface area contributed by atoms with Crippen LogP contribution in [-0.2, 0) is 14.4 Å². The van der Waals surface area contributed by atoms with Crippen molar-refractivity contribution in [2.45, 2.75) is 51.6 Å². The number of amides is 3. The lowest BCUT2D eigenvalue weighted by Gasteiger charge is -2.30. The molecular weight excluding hydrogens is 244 g/mol. The maximum Gasteiger partial charge on any atom is 0.253 e. The van der Waals surface area contributed by atoms with Gasteiger partial charge in [0.25, 0.3) is 11.8 Å². The highest BCUT2D eigenvalue weighted by molar-refractivity contribution is 6.13. The van der Waals surface area contributed by atoms with Crippen molar-refractivity contribution in [1.82, 2.24) is 10.2 Å². The molecule has 0 radical (unpaired) electrons. The molecule has 5 nitrogen and oxygen atoms in total. The summed E-state index contributed by atoms with van der Waals surface area (Å²) in [6.45, 7) is 5.76. The fourth-order valence-corrected chi connectivity index (χ4v) is 2.76. The van der Waals surface area contributed by atoms with Crippen LogP contribution in [0.4, 0.5) is 0 Å². The van der Waals surface area contributed by atoms with E-state index in [1.165, 1.54) is 17.1 Å². The topological polar surface area (TPSA) is 66.5 Å². The number of hydrogen-bond acceptors (Lipinski definition) is 3. The second kappa shape index (κ2) is 4.79. The Labute approximate surface area is 113 Å². The van der Waals surface area contributed by atoms with Crippen LogP contribution in [0.5, 0.6) is 0 Å². The van der Waals surface area contributed by atoms with Crippen molar-refractivity contribution in [1.29, 1.82) is 0 Å². The Morgan fingerprint density at radius 3 is 2.32 bits per heavy atom. The number of rotatable bonds is 2. The number of carbonyl (C=O) groups is 3. The first-order valence-corrected chi connectivity index (χ1v) is 6.67. The van der Waals surface area contributed by atoms with Crippen LogP contribution in [-0.4, -0.2) is 34.2 Å². The van der Waals surface area contributed by atoms with E-state index in [0.29, 0.717) is 6.42 Å². The fourth-order valence-electron chi connectivity index (χ4n) is 2.76. The average Bonchev–Trinajstić information content (AvgIpc) is 2.83. The van der Waals surface area contributed by atoms with Crippen LogP contribution in [0.25, 0.3) is 0 Å². The molecule has 0 bridgehead atoms. The summed E-state index contributed by atoms with van der Waals surface area (Å²) in [4.78, 5) is 36.9. The third kappa shape index (κ3) is 2.85. The van der Waals surface area contributed by atoms with Gasteiger partial charge >= 0.3 is 0 Å². The second-order valence-electron chi connectivity index (χ2n) is 6.22. The normalized spacial score (nSPS) is 27.2. The van der Waals surface area contributed by atoms with E-state index in [4.69, 9.17) is 0 Å². The van der Waals surface area contributed by atoms with Gasteiger partial charge in [0.05, 0.1) is 12.0 Å². The molecule has 1 aliphatic carbocycles. The zero-order valence-electron chi connectivity index (χ0n) is 11.6. The molecule has 2 aliphatic rings. The van der Waals surface area contributed by atoms with Crippen LogP contribution in [0.3, 0.4) is 0 Å². The number of nitrogens with one attached hydrogen (secondary N) is 1. The standard InChI is InChI=1S/C14H20N2O3/c1-14(2,3)15-13(19)9-5-4-6-10(9)16-11(17)7-8-12(16)18/h7-10H,4-6H2,1-3H3,(H,15,19)/t9-,10-/m0/s1. The van der Waals surface area contributed by atoms with Crippen molar-refractivity contribution in [2.24, 2.45) is 5.92 Å². The number of carbonyl (C=O) groups excluding carboxylic acids is 3. The Kier molecular flexibility index (Phi) is 3.47. The first-order chi connectivity index (χ1) is 8.79. The van der Waals surface area contributed by atoms with Gasteiger partial charge in [0.2, 0.25) is 5.91 Å². The molecule has 0 spiro atoms. The SMILES string of the molecule is CC(C)(C)NC(=O)[C@H]1CCC[C@@H]1N1C(=O)C=CC1=O. The van der Waals surface area contributed by atoms with Gasteiger partial charge in [-0.15, -0.1) is 0 Å². The summed E-state index contributed by atoms with van der Waals surface area (Å²) in [5.74, 6) is -0.953. The zero-order valence-corrected chi connectivity index (χ0v) is 11.6. The zero-order chi connectivity index (χ0) is 14.2. The highest BCUT2D eigenvalue weighted by atomic mass is 16.2. The largest absolute Gasteiger partial charge is 0.351 e. The molecule has 0 aromatic heterocycles. The quantitative estimate of drug-likeness (QED) is 0.756. The van der Waals surface area contributed by atoms with Crippen molar-refractivity contribution in [3.63, 3.8) is 0 Å². The second-order valence-corrected chi connectivity index (χ2v) is 6.22. The summed E-state index contributed by atoms with van der Waals surface area (Å²) < 4.78 is 0. The third-order valence-corrected chi connectivity index (χ3v) is 3.49. The Bertz CT molecular complexity index is 430. The minimum Gasteiger partial charge on any atom is -0.351 e. The van der Waals surface area contributed by atoms with Crippen LogP contribution in [0.1, 0.15) is 40.0 Å². The van der Waals surface area contributed by atoms with Gasteiger partial charge in [-0.3, -0.25) is 19.3 Å². The smallest absolute Gasteiger partial charge is 0.253 e. The molecule has 0 aromatic rings. The molecule has 1 saturated carbocycles. The maximum absolute atomic E-state index is 12.3. The summed E-state index contributed by atoms with van der Waals surface area (Å²) in [6, 6.07) is -0.294. The maximum atomic E-state index is 12.3. The van der Waals surface area contributed by atoms with Gasteiger partial charge in [0, 0.05) is 17.7 Å². The van der Waals surface area contributed by atoms with Gasteiger partial charge in [-0.05, 0) is 33.6 Å². The molecule has 2 rings (SSSR count). The van der Waals surface area contributed by atoms with E-state index in [2.05, 4.69) is 5.32 Å². The fraction of sp³-hybridized carbons (Fsp3) is 0.643. The van der Waals surface area contributed by atoms with Gasteiger partial charge < -0.3 is 5.32 Å². The summed E-state index contributed by atoms with van der Waals surface area (Å²) in [7, 11) is 0. The van der Waals surface area contributed by atoms with E-state index in [1.807, 2.05) is 20.8 Å². The first-order valence-electron chi connectivity index (χ1n) is 6.67. The van der Waals surface area contributed by atoms with Crippen molar-refractivity contribution < 1.29 is 14.4 Å². The van der Waals surface area contributed by atoms with Crippen molar-refractivity contribution in [3.05, 3.63) is 12.2 Å². The van der Waals surface area contributed by atoms with Gasteiger partial charge in [0.15, 0.2) is 0 Å². The summed E-state index contributed by atoms with van der Waals surface area (Å²) >= 11 is 0. The third-order valence-electron chi connectivity index (χ3n) is 3.49. The summed E-state index contributed by atoms with van der Waals surface area (Å²) in [5, 5.41) is 2.94. The van der Waals surface area contributed by atoms with E-state index < -0.39 is 0 Å². The average molecular weight is 264 g/mol. The Morgan fingerprint density at radius 1 is 1.21 bits per heavy atom. The molecule has 1 fully saturated rings. The van der Waals surface area contributed by atoms with E-state index in [1.54, 1.807) is 0 Å². The van der Waals surface area contributed by atoms with Gasteiger partial charge in [0.1, 0.15) is 0 Å². The summed E-state index contributed by atoms with van der Waals surface area (Å²) in [5.41, 5.74) is -0.304. The van der Waals surface area contributed by atoms with Crippen molar-refractivity contribution >= 4 is 17.7 Å². The molecule has 1 heterocycles. The molecule has 0 aromatic carbocycles. The van der Waals surface area contributed by atoms with Crippen molar-refractivity contribution in [2.75, 3.05) is 0 Å². The lowest BCUT2D eigenvalue weighted by Crippen LogP contribution is -2.50. The monoisotopic (exact) mass is 264 g/mol. The molecule has 5 heteroatoms. The van der Waals surface area contributed by atoms with Crippen molar-refractivity contribution in [3.8, 4) is 0 Å². The molecular formula is C14H20N2O3. The highest BCUT2D eigenvalue weighted by Gasteiger charge is 2.42. The predicted molar refractivity (Wildman–Crippen MR) is 70.0 cm³/mol. The molecule has 2 atom stereocenters. The van der Waals surface area contributed by atoms with Crippen LogP contribution in [0, 0.1) is 5.92 Å². The molecule has 104 valence electrons. The van der Waals surface area contributed by atoms with Crippen LogP contribution >= 0.6 is 0 Å². The van der Waals surface area contributed by atoms with Crippen LogP contribution in [0.2, 0.25) is 0 Å².